The van der Waals surface area contributed by atoms with Crippen LogP contribution >= 0.6 is 39.1 Å². The van der Waals surface area contributed by atoms with E-state index in [4.69, 9.17) is 23.2 Å². The Morgan fingerprint density at radius 3 is 2.69 bits per heavy atom. The van der Waals surface area contributed by atoms with Crippen LogP contribution in [0.25, 0.3) is 0 Å². The van der Waals surface area contributed by atoms with Crippen molar-refractivity contribution in [3.8, 4) is 0 Å². The van der Waals surface area contributed by atoms with Crippen molar-refractivity contribution in [3.63, 3.8) is 0 Å². The van der Waals surface area contributed by atoms with Crippen molar-refractivity contribution in [2.75, 3.05) is 23.7 Å². The Morgan fingerprint density at radius 2 is 1.92 bits per heavy atom. The molecule has 2 atom stereocenters. The number of amides is 2. The zero-order chi connectivity index (χ0) is 25.3. The highest BCUT2D eigenvalue weighted by Gasteiger charge is 2.47. The molecule has 1 saturated heterocycles. The molecule has 0 saturated carbocycles. The topological polar surface area (TPSA) is 82.3 Å². The molecule has 4 N–H and O–H groups in total. The van der Waals surface area contributed by atoms with E-state index in [9.17, 15) is 9.59 Å². The van der Waals surface area contributed by atoms with E-state index in [0.29, 0.717) is 33.4 Å². The molecule has 1 fully saturated rings. The second kappa shape index (κ2) is 10.4. The summed E-state index contributed by atoms with van der Waals surface area (Å²) in [7, 11) is 0. The number of anilines is 2. The minimum Gasteiger partial charge on any atom is -0.367 e. The smallest absolute Gasteiger partial charge is 0.255 e. The molecule has 36 heavy (non-hydrogen) atoms. The predicted molar refractivity (Wildman–Crippen MR) is 148 cm³/mol. The van der Waals surface area contributed by atoms with E-state index in [2.05, 4.69) is 37.2 Å². The van der Waals surface area contributed by atoms with Crippen LogP contribution in [0.5, 0.6) is 0 Å². The molecule has 0 spiro atoms. The fraction of sp³-hybridized carbons (Fsp3) is 0.259. The van der Waals surface area contributed by atoms with Crippen molar-refractivity contribution >= 4 is 62.3 Å². The van der Waals surface area contributed by atoms with Gasteiger partial charge in [0.1, 0.15) is 5.54 Å². The number of benzene rings is 3. The van der Waals surface area contributed by atoms with Crippen LogP contribution in [0.3, 0.4) is 0 Å². The molecule has 186 valence electrons. The normalized spacial score (nSPS) is 21.0. The van der Waals surface area contributed by atoms with Gasteiger partial charge in [-0.15, -0.1) is 0 Å². The standard InChI is InChI=1S/C27H25BrCl2N4O2/c28-17-6-8-21(25(35)32-20-5-2-10-31-15-20)23(12-17)34-27(14-16-3-1-4-18(29)11-16)22-9-7-19(30)13-24(22)33-26(27)36/h1,3-4,6-9,11-13,20,31,34H,2,5,10,14-15H2,(H,32,35)(H,33,36)/t20?,27-/m0/s1. The minimum atomic E-state index is -1.19. The molecule has 0 bridgehead atoms. The van der Waals surface area contributed by atoms with E-state index in [1.807, 2.05) is 36.4 Å². The molecule has 0 aromatic heterocycles. The molecule has 3 aromatic rings. The van der Waals surface area contributed by atoms with Crippen LogP contribution in [0.2, 0.25) is 10.0 Å². The van der Waals surface area contributed by atoms with Gasteiger partial charge in [0.15, 0.2) is 0 Å². The Hall–Kier alpha value is -2.58. The van der Waals surface area contributed by atoms with Gasteiger partial charge in [-0.1, -0.05) is 57.3 Å². The van der Waals surface area contributed by atoms with Crippen LogP contribution < -0.4 is 21.3 Å². The van der Waals surface area contributed by atoms with Crippen LogP contribution in [-0.2, 0) is 16.8 Å². The molecule has 2 aliphatic rings. The fourth-order valence-electron chi connectivity index (χ4n) is 4.93. The van der Waals surface area contributed by atoms with Gasteiger partial charge in [0.05, 0.1) is 5.56 Å². The molecule has 0 aliphatic carbocycles. The quantitative estimate of drug-likeness (QED) is 0.296. The molecule has 6 nitrogen and oxygen atoms in total. The highest BCUT2D eigenvalue weighted by molar-refractivity contribution is 9.10. The van der Waals surface area contributed by atoms with Gasteiger partial charge >= 0.3 is 0 Å². The van der Waals surface area contributed by atoms with Gasteiger partial charge in [0.25, 0.3) is 11.8 Å². The third kappa shape index (κ3) is 5.11. The van der Waals surface area contributed by atoms with Crippen molar-refractivity contribution in [1.29, 1.82) is 0 Å². The van der Waals surface area contributed by atoms with Crippen molar-refractivity contribution < 1.29 is 9.59 Å². The summed E-state index contributed by atoms with van der Waals surface area (Å²) in [6, 6.07) is 18.3. The number of piperidine rings is 1. The lowest BCUT2D eigenvalue weighted by atomic mass is 9.84. The maximum atomic E-state index is 13.7. The summed E-state index contributed by atoms with van der Waals surface area (Å²) in [6.07, 6.45) is 2.25. The SMILES string of the molecule is O=C(NC1CCCNC1)c1ccc(Br)cc1N[C@]1(Cc2cccc(Cl)c2)C(=O)Nc2cc(Cl)ccc21. The van der Waals surface area contributed by atoms with Crippen molar-refractivity contribution in [1.82, 2.24) is 10.6 Å². The first-order chi connectivity index (χ1) is 17.3. The third-order valence-corrected chi connectivity index (χ3v) is 7.61. The van der Waals surface area contributed by atoms with Gasteiger partial charge in [0.2, 0.25) is 0 Å². The average molecular weight is 588 g/mol. The Kier molecular flexibility index (Phi) is 7.26. The summed E-state index contributed by atoms with van der Waals surface area (Å²) in [6.45, 7) is 1.70. The summed E-state index contributed by atoms with van der Waals surface area (Å²) >= 11 is 16.0. The van der Waals surface area contributed by atoms with E-state index < -0.39 is 5.54 Å². The van der Waals surface area contributed by atoms with Crippen molar-refractivity contribution in [2.45, 2.75) is 30.8 Å². The van der Waals surface area contributed by atoms with Crippen LogP contribution in [0.15, 0.2) is 65.1 Å². The summed E-state index contributed by atoms with van der Waals surface area (Å²) in [5, 5.41) is 14.0. The first-order valence-electron chi connectivity index (χ1n) is 11.8. The lowest BCUT2D eigenvalue weighted by Gasteiger charge is -2.32. The molecule has 0 radical (unpaired) electrons. The van der Waals surface area contributed by atoms with Crippen molar-refractivity contribution in [3.05, 3.63) is 91.9 Å². The molecular weight excluding hydrogens is 563 g/mol. The molecular formula is C27H25BrCl2N4O2. The molecule has 3 aromatic carbocycles. The minimum absolute atomic E-state index is 0.0563. The van der Waals surface area contributed by atoms with Crippen LogP contribution in [0.4, 0.5) is 11.4 Å². The number of carbonyl (C=O) groups is 2. The van der Waals surface area contributed by atoms with E-state index >= 15 is 0 Å². The summed E-state index contributed by atoms with van der Waals surface area (Å²) < 4.78 is 0.786. The highest BCUT2D eigenvalue weighted by atomic mass is 79.9. The predicted octanol–water partition coefficient (Wildman–Crippen LogP) is 5.74. The van der Waals surface area contributed by atoms with Gasteiger partial charge < -0.3 is 21.3 Å². The summed E-state index contributed by atoms with van der Waals surface area (Å²) in [5.41, 5.74) is 2.08. The molecule has 2 aliphatic heterocycles. The Balaban J connectivity index is 1.56. The first-order valence-corrected chi connectivity index (χ1v) is 13.3. The zero-order valence-electron chi connectivity index (χ0n) is 19.3. The summed E-state index contributed by atoms with van der Waals surface area (Å²) in [4.78, 5) is 27.0. The van der Waals surface area contributed by atoms with E-state index in [1.54, 1.807) is 24.3 Å². The van der Waals surface area contributed by atoms with Crippen LogP contribution in [0.1, 0.15) is 34.3 Å². The Bertz CT molecular complexity index is 1330. The second-order valence-electron chi connectivity index (χ2n) is 9.19. The maximum Gasteiger partial charge on any atom is 0.255 e. The van der Waals surface area contributed by atoms with E-state index in [0.717, 1.165) is 41.5 Å². The van der Waals surface area contributed by atoms with E-state index in [1.165, 1.54) is 0 Å². The Labute approximate surface area is 228 Å². The third-order valence-electron chi connectivity index (χ3n) is 6.64. The molecule has 1 unspecified atom stereocenters. The first kappa shape index (κ1) is 25.1. The molecule has 2 heterocycles. The number of halogens is 3. The zero-order valence-corrected chi connectivity index (χ0v) is 22.4. The van der Waals surface area contributed by atoms with Crippen molar-refractivity contribution in [2.24, 2.45) is 0 Å². The molecule has 9 heteroatoms. The number of nitrogens with one attached hydrogen (secondary N) is 4. The largest absolute Gasteiger partial charge is 0.367 e. The van der Waals surface area contributed by atoms with Crippen LogP contribution in [0, 0.1) is 0 Å². The van der Waals surface area contributed by atoms with Gasteiger partial charge in [0, 0.05) is 50.5 Å². The average Bonchev–Trinajstić information content (AvgIpc) is 3.09. The molecule has 5 rings (SSSR count). The Morgan fingerprint density at radius 1 is 1.08 bits per heavy atom. The number of hydrogen-bond donors (Lipinski definition) is 4. The monoisotopic (exact) mass is 586 g/mol. The molecule has 2 amide bonds. The second-order valence-corrected chi connectivity index (χ2v) is 11.0. The number of fused-ring (bicyclic) bond motifs is 1. The lowest BCUT2D eigenvalue weighted by Crippen LogP contribution is -2.47. The van der Waals surface area contributed by atoms with Gasteiger partial charge in [-0.25, -0.2) is 0 Å². The number of rotatable bonds is 6. The highest BCUT2D eigenvalue weighted by Crippen LogP contribution is 2.43. The number of hydrogen-bond acceptors (Lipinski definition) is 4. The van der Waals surface area contributed by atoms with Gasteiger partial charge in [-0.05, 0) is 67.4 Å². The van der Waals surface area contributed by atoms with Crippen LogP contribution in [-0.4, -0.2) is 30.9 Å². The van der Waals surface area contributed by atoms with E-state index in [-0.39, 0.29) is 17.9 Å². The maximum absolute atomic E-state index is 13.7. The summed E-state index contributed by atoms with van der Waals surface area (Å²) in [5.74, 6) is -0.422. The fourth-order valence-corrected chi connectivity index (χ4v) is 5.67. The lowest BCUT2D eigenvalue weighted by molar-refractivity contribution is -0.119. The van der Waals surface area contributed by atoms with Gasteiger partial charge in [-0.2, -0.15) is 0 Å². The number of carbonyl (C=O) groups excluding carboxylic acids is 2. The van der Waals surface area contributed by atoms with Gasteiger partial charge in [-0.3, -0.25) is 9.59 Å².